The van der Waals surface area contributed by atoms with Gasteiger partial charge in [-0.15, -0.1) is 0 Å². The maximum Gasteiger partial charge on any atom is 0.417 e. The van der Waals surface area contributed by atoms with Crippen molar-refractivity contribution < 1.29 is 31.1 Å². The van der Waals surface area contributed by atoms with Crippen molar-refractivity contribution >= 4 is 32.9 Å². The predicted molar refractivity (Wildman–Crippen MR) is 128 cm³/mol. The molecule has 1 saturated carbocycles. The molecule has 2 heterocycles. The third-order valence-electron chi connectivity index (χ3n) is 5.34. The zero-order valence-electron chi connectivity index (χ0n) is 19.4. The van der Waals surface area contributed by atoms with Gasteiger partial charge in [-0.2, -0.15) is 13.2 Å². The Morgan fingerprint density at radius 2 is 1.86 bits per heavy atom. The van der Waals surface area contributed by atoms with Crippen LogP contribution in [0.2, 0.25) is 0 Å². The fourth-order valence-electron chi connectivity index (χ4n) is 3.33. The lowest BCUT2D eigenvalue weighted by atomic mass is 10.1. The van der Waals surface area contributed by atoms with Crippen LogP contribution in [0.1, 0.15) is 25.3 Å². The number of alkyl halides is 3. The van der Waals surface area contributed by atoms with Gasteiger partial charge in [-0.25, -0.2) is 13.4 Å². The number of benzene rings is 1. The summed E-state index contributed by atoms with van der Waals surface area (Å²) in [7, 11) is -3.58. The van der Waals surface area contributed by atoms with Crippen LogP contribution in [-0.2, 0) is 20.8 Å². The number of anilines is 3. The summed E-state index contributed by atoms with van der Waals surface area (Å²) in [5.41, 5.74) is 0.318. The number of amides is 1. The Bertz CT molecular complexity index is 1390. The smallest absolute Gasteiger partial charge is 0.417 e. The molecule has 0 saturated heterocycles. The third kappa shape index (κ3) is 6.51. The molecule has 1 fully saturated rings. The molecule has 2 aromatic heterocycles. The van der Waals surface area contributed by atoms with Gasteiger partial charge in [0.25, 0.3) is 0 Å². The van der Waals surface area contributed by atoms with Crippen LogP contribution in [0.5, 0.6) is 5.75 Å². The van der Waals surface area contributed by atoms with Crippen molar-refractivity contribution in [2.45, 2.75) is 30.8 Å². The first-order valence-corrected chi connectivity index (χ1v) is 12.8. The molecule has 1 aromatic carbocycles. The molecule has 12 heteroatoms. The molecule has 0 atom stereocenters. The highest BCUT2D eigenvalue weighted by Gasteiger charge is 2.31. The minimum Gasteiger partial charge on any atom is -0.493 e. The summed E-state index contributed by atoms with van der Waals surface area (Å²) in [6.07, 6.45) is 0.731. The van der Waals surface area contributed by atoms with Crippen molar-refractivity contribution in [3.8, 4) is 17.0 Å². The van der Waals surface area contributed by atoms with Gasteiger partial charge in [0.1, 0.15) is 11.6 Å². The third-order valence-corrected chi connectivity index (χ3v) is 6.44. The van der Waals surface area contributed by atoms with Crippen LogP contribution in [0.15, 0.2) is 53.7 Å². The van der Waals surface area contributed by atoms with Gasteiger partial charge in [0.15, 0.2) is 9.84 Å². The minimum atomic E-state index is -4.54. The average molecular weight is 521 g/mol. The lowest BCUT2D eigenvalue weighted by molar-refractivity contribution is -0.137. The monoisotopic (exact) mass is 520 g/mol. The fraction of sp³-hybridized carbons (Fsp3) is 0.292. The highest BCUT2D eigenvalue weighted by atomic mass is 32.2. The molecule has 4 rings (SSSR count). The Kier molecular flexibility index (Phi) is 6.90. The zero-order chi connectivity index (χ0) is 26.1. The van der Waals surface area contributed by atoms with Crippen molar-refractivity contribution in [1.29, 1.82) is 0 Å². The number of sulfone groups is 1. The summed E-state index contributed by atoms with van der Waals surface area (Å²) in [6, 6.07) is 8.08. The number of hydrogen-bond donors (Lipinski definition) is 2. The molecule has 2 N–H and O–H groups in total. The molecule has 1 aliphatic rings. The highest BCUT2D eigenvalue weighted by Crippen LogP contribution is 2.35. The van der Waals surface area contributed by atoms with Gasteiger partial charge >= 0.3 is 6.18 Å². The van der Waals surface area contributed by atoms with Crippen LogP contribution in [0.4, 0.5) is 30.4 Å². The van der Waals surface area contributed by atoms with Gasteiger partial charge in [0.2, 0.25) is 5.91 Å². The zero-order valence-corrected chi connectivity index (χ0v) is 20.2. The molecular weight excluding hydrogens is 497 g/mol. The van der Waals surface area contributed by atoms with Crippen LogP contribution in [0.3, 0.4) is 0 Å². The first-order chi connectivity index (χ1) is 16.9. The molecule has 0 radical (unpaired) electrons. The maximum absolute atomic E-state index is 13.0. The largest absolute Gasteiger partial charge is 0.493 e. The van der Waals surface area contributed by atoms with Crippen molar-refractivity contribution in [3.05, 3.63) is 54.4 Å². The predicted octanol–water partition coefficient (Wildman–Crippen LogP) is 5.06. The number of aromatic nitrogens is 2. The average Bonchev–Trinajstić information content (AvgIpc) is 3.61. The quantitative estimate of drug-likeness (QED) is 0.427. The molecular formula is C24H23F3N4O4S. The van der Waals surface area contributed by atoms with E-state index in [9.17, 15) is 26.4 Å². The molecule has 3 aromatic rings. The summed E-state index contributed by atoms with van der Waals surface area (Å²) in [4.78, 5) is 19.6. The lowest BCUT2D eigenvalue weighted by Gasteiger charge is -2.16. The standard InChI is InChI=1S/C24H23F3N4O4S/c1-14(32)30-23-10-22(20(12-29-23)21-6-5-16(11-28-21)24(25,26)27)31-17-7-18(35-13-15-3-4-15)9-19(8-17)36(2,33)34/h5-12,15H,3-4,13H2,1-2H3,(H2,29,30,31,32). The summed E-state index contributed by atoms with van der Waals surface area (Å²) < 4.78 is 69.3. The number of carbonyl (C=O) groups is 1. The van der Waals surface area contributed by atoms with Crippen molar-refractivity contribution in [2.75, 3.05) is 23.5 Å². The molecule has 1 aliphatic carbocycles. The van der Waals surface area contributed by atoms with Gasteiger partial charge in [-0.05, 0) is 43.0 Å². The Hall–Kier alpha value is -3.67. The van der Waals surface area contributed by atoms with Gasteiger partial charge in [0, 0.05) is 49.0 Å². The van der Waals surface area contributed by atoms with E-state index in [1.54, 1.807) is 6.07 Å². The SMILES string of the molecule is CC(=O)Nc1cc(Nc2cc(OCC3CC3)cc(S(C)(=O)=O)c2)c(-c2ccc(C(F)(F)F)cn2)cn1. The van der Waals surface area contributed by atoms with E-state index in [0.717, 1.165) is 31.4 Å². The lowest BCUT2D eigenvalue weighted by Crippen LogP contribution is -2.09. The van der Waals surface area contributed by atoms with Gasteiger partial charge in [0.05, 0.1) is 28.4 Å². The molecule has 8 nitrogen and oxygen atoms in total. The normalized spacial score (nSPS) is 13.8. The van der Waals surface area contributed by atoms with Gasteiger partial charge in [-0.3, -0.25) is 9.78 Å². The topological polar surface area (TPSA) is 110 Å². The molecule has 1 amide bonds. The van der Waals surface area contributed by atoms with E-state index in [1.165, 1.54) is 37.4 Å². The van der Waals surface area contributed by atoms with Gasteiger partial charge in [-0.1, -0.05) is 0 Å². The fourth-order valence-corrected chi connectivity index (χ4v) is 4.00. The molecule has 0 unspecified atom stereocenters. The summed E-state index contributed by atoms with van der Waals surface area (Å²) in [5.74, 6) is 0.618. The van der Waals surface area contributed by atoms with E-state index in [-0.39, 0.29) is 22.3 Å². The Morgan fingerprint density at radius 1 is 1.11 bits per heavy atom. The van der Waals surface area contributed by atoms with Gasteiger partial charge < -0.3 is 15.4 Å². The van der Waals surface area contributed by atoms with E-state index in [1.807, 2.05) is 0 Å². The molecule has 0 spiro atoms. The second-order valence-electron chi connectivity index (χ2n) is 8.57. The molecule has 0 bridgehead atoms. The number of ether oxygens (including phenoxy) is 1. The van der Waals surface area contributed by atoms with E-state index in [4.69, 9.17) is 4.74 Å². The molecule has 36 heavy (non-hydrogen) atoms. The first-order valence-electron chi connectivity index (χ1n) is 10.9. The second kappa shape index (κ2) is 9.76. The number of pyridine rings is 2. The summed E-state index contributed by atoms with van der Waals surface area (Å²) in [5, 5.41) is 5.63. The maximum atomic E-state index is 13.0. The number of nitrogens with one attached hydrogen (secondary N) is 2. The van der Waals surface area contributed by atoms with Crippen molar-refractivity contribution in [2.24, 2.45) is 5.92 Å². The molecule has 0 aliphatic heterocycles. The first kappa shape index (κ1) is 25.4. The molecule has 190 valence electrons. The number of hydrogen-bond acceptors (Lipinski definition) is 7. The highest BCUT2D eigenvalue weighted by molar-refractivity contribution is 7.90. The van der Waals surface area contributed by atoms with Crippen LogP contribution in [0.25, 0.3) is 11.3 Å². The number of carbonyl (C=O) groups excluding carboxylic acids is 1. The van der Waals surface area contributed by atoms with E-state index in [0.29, 0.717) is 35.2 Å². The van der Waals surface area contributed by atoms with Crippen molar-refractivity contribution in [1.82, 2.24) is 9.97 Å². The Morgan fingerprint density at radius 3 is 2.44 bits per heavy atom. The van der Waals surface area contributed by atoms with E-state index in [2.05, 4.69) is 20.6 Å². The number of nitrogens with zero attached hydrogens (tertiary/aromatic N) is 2. The van der Waals surface area contributed by atoms with Crippen LogP contribution in [0, 0.1) is 5.92 Å². The second-order valence-corrected chi connectivity index (χ2v) is 10.6. The number of halogens is 3. The van der Waals surface area contributed by atoms with Crippen LogP contribution in [-0.4, -0.2) is 37.2 Å². The van der Waals surface area contributed by atoms with E-state index < -0.39 is 21.6 Å². The van der Waals surface area contributed by atoms with Crippen LogP contribution >= 0.6 is 0 Å². The van der Waals surface area contributed by atoms with E-state index >= 15 is 0 Å². The Labute approximate surface area is 205 Å². The van der Waals surface area contributed by atoms with Crippen LogP contribution < -0.4 is 15.4 Å². The summed E-state index contributed by atoms with van der Waals surface area (Å²) >= 11 is 0. The summed E-state index contributed by atoms with van der Waals surface area (Å²) in [6.45, 7) is 1.77. The Balaban J connectivity index is 1.74. The number of rotatable bonds is 8. The minimum absolute atomic E-state index is 0.0312. The van der Waals surface area contributed by atoms with Crippen molar-refractivity contribution in [3.63, 3.8) is 0 Å².